The summed E-state index contributed by atoms with van der Waals surface area (Å²) in [6, 6.07) is 6.49. The molecule has 2 heterocycles. The quantitative estimate of drug-likeness (QED) is 0.869. The number of fused-ring (bicyclic) bond motifs is 1. The number of anilines is 1. The summed E-state index contributed by atoms with van der Waals surface area (Å²) in [6.07, 6.45) is 0.997. The van der Waals surface area contributed by atoms with E-state index in [-0.39, 0.29) is 11.1 Å². The van der Waals surface area contributed by atoms with E-state index in [0.29, 0.717) is 5.95 Å². The second-order valence-corrected chi connectivity index (χ2v) is 5.71. The van der Waals surface area contributed by atoms with Crippen LogP contribution in [0, 0.1) is 0 Å². The third-order valence-corrected chi connectivity index (χ3v) is 4.33. The van der Waals surface area contributed by atoms with Crippen LogP contribution in [0.15, 0.2) is 29.4 Å². The molecule has 0 saturated carbocycles. The number of methoxy groups -OCH3 is 1. The lowest BCUT2D eigenvalue weighted by Crippen LogP contribution is -2.20. The van der Waals surface area contributed by atoms with E-state index in [4.69, 9.17) is 4.74 Å². The fourth-order valence-electron chi connectivity index (χ4n) is 2.21. The number of aromatic nitrogens is 3. The van der Waals surface area contributed by atoms with Gasteiger partial charge in [-0.25, -0.2) is 4.79 Å². The zero-order chi connectivity index (χ0) is 15.5. The van der Waals surface area contributed by atoms with Crippen molar-refractivity contribution in [3.8, 4) is 0 Å². The molecule has 0 bridgehead atoms. The van der Waals surface area contributed by atoms with Gasteiger partial charge in [0.25, 0.3) is 5.91 Å². The molecule has 1 amide bonds. The van der Waals surface area contributed by atoms with Gasteiger partial charge < -0.3 is 4.74 Å². The SMILES string of the molecule is COC(=O)c1ccccc1C(=O)Nc1nnc2n1CCCS2. The monoisotopic (exact) mass is 318 g/mol. The lowest BCUT2D eigenvalue weighted by molar-refractivity contribution is 0.0597. The van der Waals surface area contributed by atoms with Crippen LogP contribution in [0.3, 0.4) is 0 Å². The number of rotatable bonds is 3. The molecule has 3 rings (SSSR count). The number of hydrogen-bond donors (Lipinski definition) is 1. The van der Waals surface area contributed by atoms with Gasteiger partial charge in [0.05, 0.1) is 18.2 Å². The summed E-state index contributed by atoms with van der Waals surface area (Å²) in [5, 5.41) is 11.6. The lowest BCUT2D eigenvalue weighted by Gasteiger charge is -2.14. The maximum atomic E-state index is 12.4. The first-order chi connectivity index (χ1) is 10.7. The molecule has 22 heavy (non-hydrogen) atoms. The van der Waals surface area contributed by atoms with E-state index in [2.05, 4.69) is 15.5 Å². The van der Waals surface area contributed by atoms with Gasteiger partial charge in [-0.15, -0.1) is 10.2 Å². The molecule has 0 fully saturated rings. The summed E-state index contributed by atoms with van der Waals surface area (Å²) < 4.78 is 6.57. The van der Waals surface area contributed by atoms with Gasteiger partial charge in [0.2, 0.25) is 5.95 Å². The Bertz CT molecular complexity index is 729. The van der Waals surface area contributed by atoms with Gasteiger partial charge in [0, 0.05) is 12.3 Å². The third kappa shape index (κ3) is 2.69. The predicted molar refractivity (Wildman–Crippen MR) is 81.1 cm³/mol. The number of thioether (sulfide) groups is 1. The molecule has 0 radical (unpaired) electrons. The normalized spacial score (nSPS) is 13.3. The standard InChI is InChI=1S/C14H14N4O3S/c1-21-12(20)10-6-3-2-5-9(10)11(19)15-13-16-17-14-18(13)7-4-8-22-14/h2-3,5-6H,4,7-8H2,1H3,(H,15,16,19). The van der Waals surface area contributed by atoms with Crippen LogP contribution in [-0.4, -0.2) is 39.5 Å². The average Bonchev–Trinajstić information content (AvgIpc) is 2.97. The van der Waals surface area contributed by atoms with Crippen LogP contribution in [-0.2, 0) is 11.3 Å². The summed E-state index contributed by atoms with van der Waals surface area (Å²) >= 11 is 1.61. The Labute approximate surface area is 131 Å². The van der Waals surface area contributed by atoms with Crippen LogP contribution in [0.5, 0.6) is 0 Å². The van der Waals surface area contributed by atoms with Gasteiger partial charge in [-0.1, -0.05) is 23.9 Å². The van der Waals surface area contributed by atoms with Crippen LogP contribution in [0.4, 0.5) is 5.95 Å². The van der Waals surface area contributed by atoms with Crippen molar-refractivity contribution in [1.29, 1.82) is 0 Å². The summed E-state index contributed by atoms with van der Waals surface area (Å²) in [6.45, 7) is 0.767. The Balaban J connectivity index is 1.86. The molecule has 0 aliphatic carbocycles. The van der Waals surface area contributed by atoms with E-state index in [9.17, 15) is 9.59 Å². The van der Waals surface area contributed by atoms with Crippen molar-refractivity contribution in [2.45, 2.75) is 18.1 Å². The summed E-state index contributed by atoms with van der Waals surface area (Å²) in [7, 11) is 1.28. The van der Waals surface area contributed by atoms with E-state index < -0.39 is 11.9 Å². The van der Waals surface area contributed by atoms with Crippen molar-refractivity contribution in [2.24, 2.45) is 0 Å². The first kappa shape index (κ1) is 14.6. The van der Waals surface area contributed by atoms with Crippen LogP contribution in [0.1, 0.15) is 27.1 Å². The summed E-state index contributed by atoms with van der Waals surface area (Å²) in [5.41, 5.74) is 0.463. The Morgan fingerprint density at radius 1 is 1.27 bits per heavy atom. The first-order valence-corrected chi connectivity index (χ1v) is 7.74. The van der Waals surface area contributed by atoms with Crippen molar-refractivity contribution in [1.82, 2.24) is 14.8 Å². The average molecular weight is 318 g/mol. The number of nitrogens with zero attached hydrogens (tertiary/aromatic N) is 3. The fourth-order valence-corrected chi connectivity index (χ4v) is 3.10. The molecule has 7 nitrogen and oxygen atoms in total. The van der Waals surface area contributed by atoms with Crippen LogP contribution in [0.25, 0.3) is 0 Å². The highest BCUT2D eigenvalue weighted by Crippen LogP contribution is 2.25. The Kier molecular flexibility index (Phi) is 4.10. The van der Waals surface area contributed by atoms with E-state index in [0.717, 1.165) is 23.9 Å². The third-order valence-electron chi connectivity index (χ3n) is 3.28. The Morgan fingerprint density at radius 2 is 2.05 bits per heavy atom. The number of amides is 1. The topological polar surface area (TPSA) is 86.1 Å². The molecule has 114 valence electrons. The molecule has 2 aromatic rings. The Hall–Kier alpha value is -2.35. The van der Waals surface area contributed by atoms with Gasteiger partial charge in [-0.05, 0) is 18.6 Å². The highest BCUT2D eigenvalue weighted by atomic mass is 32.2. The Morgan fingerprint density at radius 3 is 2.82 bits per heavy atom. The molecule has 1 aliphatic rings. The summed E-state index contributed by atoms with van der Waals surface area (Å²) in [5.74, 6) is 0.431. The predicted octanol–water partition coefficient (Wildman–Crippen LogP) is 1.81. The summed E-state index contributed by atoms with van der Waals surface area (Å²) in [4.78, 5) is 24.2. The van der Waals surface area contributed by atoms with Crippen molar-refractivity contribution >= 4 is 29.6 Å². The largest absolute Gasteiger partial charge is 0.465 e. The molecular formula is C14H14N4O3S. The van der Waals surface area contributed by atoms with Crippen molar-refractivity contribution in [2.75, 3.05) is 18.2 Å². The molecule has 0 spiro atoms. The molecule has 0 atom stereocenters. The second-order valence-electron chi connectivity index (χ2n) is 4.65. The van der Waals surface area contributed by atoms with Crippen molar-refractivity contribution in [3.63, 3.8) is 0 Å². The van der Waals surface area contributed by atoms with Crippen molar-refractivity contribution < 1.29 is 14.3 Å². The number of hydrogen-bond acceptors (Lipinski definition) is 6. The van der Waals surface area contributed by atoms with E-state index in [1.165, 1.54) is 7.11 Å². The minimum Gasteiger partial charge on any atom is -0.465 e. The molecule has 0 unspecified atom stereocenters. The molecular weight excluding hydrogens is 304 g/mol. The van der Waals surface area contributed by atoms with E-state index in [1.54, 1.807) is 36.0 Å². The maximum Gasteiger partial charge on any atom is 0.338 e. The molecule has 0 saturated heterocycles. The molecule has 8 heteroatoms. The number of carbonyl (C=O) groups is 2. The minimum atomic E-state index is -0.551. The molecule has 1 N–H and O–H groups in total. The first-order valence-electron chi connectivity index (χ1n) is 6.75. The number of benzene rings is 1. The van der Waals surface area contributed by atoms with E-state index >= 15 is 0 Å². The smallest absolute Gasteiger partial charge is 0.338 e. The number of esters is 1. The van der Waals surface area contributed by atoms with Gasteiger partial charge in [0.15, 0.2) is 5.16 Å². The van der Waals surface area contributed by atoms with Gasteiger partial charge >= 0.3 is 5.97 Å². The van der Waals surface area contributed by atoms with Crippen molar-refractivity contribution in [3.05, 3.63) is 35.4 Å². The minimum absolute atomic E-state index is 0.218. The number of ether oxygens (including phenoxy) is 1. The van der Waals surface area contributed by atoms with Gasteiger partial charge in [0.1, 0.15) is 0 Å². The van der Waals surface area contributed by atoms with Gasteiger partial charge in [-0.3, -0.25) is 14.7 Å². The highest BCUT2D eigenvalue weighted by Gasteiger charge is 2.21. The number of carbonyl (C=O) groups excluding carboxylic acids is 2. The van der Waals surface area contributed by atoms with E-state index in [1.807, 2.05) is 4.57 Å². The molecule has 1 aromatic heterocycles. The highest BCUT2D eigenvalue weighted by molar-refractivity contribution is 7.99. The van der Waals surface area contributed by atoms with Crippen LogP contribution < -0.4 is 5.32 Å². The molecule has 1 aliphatic heterocycles. The maximum absolute atomic E-state index is 12.4. The zero-order valence-electron chi connectivity index (χ0n) is 11.9. The van der Waals surface area contributed by atoms with Crippen LogP contribution >= 0.6 is 11.8 Å². The van der Waals surface area contributed by atoms with Gasteiger partial charge in [-0.2, -0.15) is 0 Å². The lowest BCUT2D eigenvalue weighted by atomic mass is 10.1. The number of nitrogens with one attached hydrogen (secondary N) is 1. The molecule has 1 aromatic carbocycles. The fraction of sp³-hybridized carbons (Fsp3) is 0.286. The zero-order valence-corrected chi connectivity index (χ0v) is 12.7. The van der Waals surface area contributed by atoms with Crippen LogP contribution in [0.2, 0.25) is 0 Å². The second kappa shape index (κ2) is 6.18.